The number of hydrogen-bond acceptors (Lipinski definition) is 8. The van der Waals surface area contributed by atoms with Crippen molar-refractivity contribution in [2.45, 2.75) is 32.9 Å². The van der Waals surface area contributed by atoms with Gasteiger partial charge in [-0.3, -0.25) is 9.69 Å². The number of aromatic nitrogens is 5. The van der Waals surface area contributed by atoms with Gasteiger partial charge in [0.05, 0.1) is 6.54 Å². The van der Waals surface area contributed by atoms with Crippen LogP contribution in [0.1, 0.15) is 31.0 Å². The highest BCUT2D eigenvalue weighted by Crippen LogP contribution is 2.24. The van der Waals surface area contributed by atoms with Gasteiger partial charge in [0.2, 0.25) is 5.95 Å². The van der Waals surface area contributed by atoms with E-state index in [0.29, 0.717) is 41.8 Å². The highest BCUT2D eigenvalue weighted by Gasteiger charge is 2.26. The predicted molar refractivity (Wildman–Crippen MR) is 135 cm³/mol. The molecule has 0 aliphatic carbocycles. The molecule has 184 valence electrons. The van der Waals surface area contributed by atoms with E-state index in [-0.39, 0.29) is 11.6 Å². The first kappa shape index (κ1) is 22.2. The van der Waals surface area contributed by atoms with Crippen molar-refractivity contribution in [2.24, 2.45) is 0 Å². The molecule has 11 heteroatoms. The van der Waals surface area contributed by atoms with E-state index in [1.54, 1.807) is 33.8 Å². The first-order valence-electron chi connectivity index (χ1n) is 12.0. The van der Waals surface area contributed by atoms with Crippen molar-refractivity contribution in [1.29, 1.82) is 0 Å². The number of amides is 1. The molecule has 1 saturated heterocycles. The van der Waals surface area contributed by atoms with Crippen molar-refractivity contribution in [3.05, 3.63) is 64.1 Å². The maximum absolute atomic E-state index is 13.3. The molecule has 2 aliphatic rings. The molecular weight excluding hydrogens is 460 g/mol. The summed E-state index contributed by atoms with van der Waals surface area (Å²) in [5.41, 5.74) is 3.70. The maximum atomic E-state index is 13.3. The Balaban J connectivity index is 1.44. The third kappa shape index (κ3) is 3.77. The number of anilines is 3. The number of cyclic esters (lactones) is 1. The van der Waals surface area contributed by atoms with Gasteiger partial charge < -0.3 is 15.4 Å². The molecule has 1 aromatic carbocycles. The summed E-state index contributed by atoms with van der Waals surface area (Å²) in [5.74, 6) is 1.31. The molecule has 0 unspecified atom stereocenters. The van der Waals surface area contributed by atoms with Gasteiger partial charge >= 0.3 is 6.09 Å². The van der Waals surface area contributed by atoms with Gasteiger partial charge in [-0.05, 0) is 62.2 Å². The molecule has 0 spiro atoms. The molecule has 3 aromatic heterocycles. The average Bonchev–Trinajstić information content (AvgIpc) is 3.44. The van der Waals surface area contributed by atoms with Crippen LogP contribution in [0.3, 0.4) is 0 Å². The van der Waals surface area contributed by atoms with E-state index in [2.05, 4.69) is 32.7 Å². The van der Waals surface area contributed by atoms with E-state index in [0.717, 1.165) is 25.2 Å². The lowest BCUT2D eigenvalue weighted by atomic mass is 10.0. The Hall–Kier alpha value is -4.25. The molecule has 0 radical (unpaired) electrons. The van der Waals surface area contributed by atoms with Crippen LogP contribution in [0.2, 0.25) is 0 Å². The van der Waals surface area contributed by atoms with Gasteiger partial charge in [0.25, 0.3) is 5.56 Å². The predicted octanol–water partition coefficient (Wildman–Crippen LogP) is 2.90. The van der Waals surface area contributed by atoms with E-state index in [9.17, 15) is 9.59 Å². The lowest BCUT2D eigenvalue weighted by Gasteiger charge is -2.18. The zero-order valence-electron chi connectivity index (χ0n) is 20.1. The quantitative estimate of drug-likeness (QED) is 0.442. The molecule has 0 saturated carbocycles. The molecule has 36 heavy (non-hydrogen) atoms. The van der Waals surface area contributed by atoms with E-state index in [1.807, 2.05) is 19.9 Å². The van der Waals surface area contributed by atoms with Gasteiger partial charge in [0.1, 0.15) is 17.8 Å². The topological polar surface area (TPSA) is 119 Å². The van der Waals surface area contributed by atoms with Crippen LogP contribution in [-0.2, 0) is 17.7 Å². The maximum Gasteiger partial charge on any atom is 0.415 e. The van der Waals surface area contributed by atoms with Crippen LogP contribution in [0.25, 0.3) is 16.9 Å². The minimum atomic E-state index is -0.437. The number of carbonyl (C=O) groups excluding carboxylic acids is 1. The summed E-state index contributed by atoms with van der Waals surface area (Å²) in [5, 5.41) is 7.05. The number of hydrogen-bond donors (Lipinski definition) is 2. The van der Waals surface area contributed by atoms with Gasteiger partial charge in [-0.25, -0.2) is 24.1 Å². The van der Waals surface area contributed by atoms with Crippen molar-refractivity contribution < 1.29 is 9.53 Å². The SMILES string of the molecule is CC(C)n1c(=O)c2cnc(Nc3ccc4c(c3)CCNC4)nc2n1-c1cccc(N2CCOC2=O)n1. The van der Waals surface area contributed by atoms with Gasteiger partial charge in [0.15, 0.2) is 11.5 Å². The molecule has 6 rings (SSSR count). The summed E-state index contributed by atoms with van der Waals surface area (Å²) in [7, 11) is 0. The smallest absolute Gasteiger partial charge is 0.415 e. The lowest BCUT2D eigenvalue weighted by molar-refractivity contribution is 0.181. The summed E-state index contributed by atoms with van der Waals surface area (Å²) in [4.78, 5) is 40.7. The zero-order valence-corrected chi connectivity index (χ0v) is 20.1. The first-order valence-corrected chi connectivity index (χ1v) is 12.0. The van der Waals surface area contributed by atoms with Gasteiger partial charge in [0, 0.05) is 24.5 Å². The molecule has 0 atom stereocenters. The van der Waals surface area contributed by atoms with Gasteiger partial charge in [-0.2, -0.15) is 4.98 Å². The fourth-order valence-corrected chi connectivity index (χ4v) is 4.71. The molecule has 2 aliphatic heterocycles. The summed E-state index contributed by atoms with van der Waals surface area (Å²) in [6, 6.07) is 11.4. The zero-order chi connectivity index (χ0) is 24.8. The Kier molecular flexibility index (Phi) is 5.41. The fraction of sp³-hybridized carbons (Fsp3) is 0.320. The molecule has 11 nitrogen and oxygen atoms in total. The van der Waals surface area contributed by atoms with E-state index >= 15 is 0 Å². The Morgan fingerprint density at radius 2 is 1.94 bits per heavy atom. The van der Waals surface area contributed by atoms with Crippen LogP contribution in [0.15, 0.2) is 47.4 Å². The van der Waals surface area contributed by atoms with Crippen LogP contribution in [-0.4, -0.2) is 50.1 Å². The van der Waals surface area contributed by atoms with Crippen LogP contribution in [0.4, 0.5) is 22.2 Å². The van der Waals surface area contributed by atoms with E-state index in [4.69, 9.17) is 9.72 Å². The minimum Gasteiger partial charge on any atom is -0.447 e. The van der Waals surface area contributed by atoms with Crippen molar-refractivity contribution in [3.8, 4) is 5.82 Å². The fourth-order valence-electron chi connectivity index (χ4n) is 4.71. The van der Waals surface area contributed by atoms with E-state index < -0.39 is 6.09 Å². The molecule has 1 fully saturated rings. The second kappa shape index (κ2) is 8.76. The molecule has 2 N–H and O–H groups in total. The van der Waals surface area contributed by atoms with Crippen LogP contribution in [0.5, 0.6) is 0 Å². The van der Waals surface area contributed by atoms with Crippen molar-refractivity contribution in [3.63, 3.8) is 0 Å². The van der Waals surface area contributed by atoms with Crippen LogP contribution in [0, 0.1) is 0 Å². The molecule has 5 heterocycles. The molecular formula is C25H26N8O3. The van der Waals surface area contributed by atoms with Crippen molar-refractivity contribution in [1.82, 2.24) is 29.6 Å². The summed E-state index contributed by atoms with van der Waals surface area (Å²) in [6.07, 6.45) is 2.08. The number of pyridine rings is 1. The number of nitrogens with zero attached hydrogens (tertiary/aromatic N) is 6. The summed E-state index contributed by atoms with van der Waals surface area (Å²) >= 11 is 0. The first-order chi connectivity index (χ1) is 17.5. The molecule has 1 amide bonds. The Bertz CT molecular complexity index is 1540. The normalized spacial score (nSPS) is 15.4. The molecule has 0 bridgehead atoms. The largest absolute Gasteiger partial charge is 0.447 e. The Morgan fingerprint density at radius 3 is 2.75 bits per heavy atom. The number of ether oxygens (including phenoxy) is 1. The van der Waals surface area contributed by atoms with E-state index in [1.165, 1.54) is 16.0 Å². The minimum absolute atomic E-state index is 0.167. The second-order valence-electron chi connectivity index (χ2n) is 9.14. The van der Waals surface area contributed by atoms with Crippen molar-refractivity contribution >= 4 is 34.6 Å². The van der Waals surface area contributed by atoms with Crippen molar-refractivity contribution in [2.75, 3.05) is 29.9 Å². The Morgan fingerprint density at radius 1 is 1.08 bits per heavy atom. The number of fused-ring (bicyclic) bond motifs is 2. The third-order valence-electron chi connectivity index (χ3n) is 6.44. The number of nitrogens with one attached hydrogen (secondary N) is 2. The van der Waals surface area contributed by atoms with Gasteiger partial charge in [-0.1, -0.05) is 12.1 Å². The summed E-state index contributed by atoms with van der Waals surface area (Å²) < 4.78 is 8.36. The number of carbonyl (C=O) groups is 1. The highest BCUT2D eigenvalue weighted by molar-refractivity contribution is 5.88. The second-order valence-corrected chi connectivity index (χ2v) is 9.14. The van der Waals surface area contributed by atoms with Crippen LogP contribution < -0.4 is 21.1 Å². The summed E-state index contributed by atoms with van der Waals surface area (Å²) in [6.45, 7) is 6.41. The number of benzene rings is 1. The van der Waals surface area contributed by atoms with Crippen LogP contribution >= 0.6 is 0 Å². The highest BCUT2D eigenvalue weighted by atomic mass is 16.6. The Labute approximate surface area is 206 Å². The lowest BCUT2D eigenvalue weighted by Crippen LogP contribution is -2.27. The standard InChI is InChI=1S/C25H26N8O3/c1-15(2)32-23(34)19-14-27-24(28-18-7-6-17-13-26-9-8-16(17)12-18)30-22(19)33(32)21-5-3-4-20(29-21)31-10-11-36-25(31)35/h3-7,12,14-15,26H,8-11,13H2,1-2H3,(H,27,28,30). The van der Waals surface area contributed by atoms with Gasteiger partial charge in [-0.15, -0.1) is 0 Å². The monoisotopic (exact) mass is 486 g/mol. The number of rotatable bonds is 5. The third-order valence-corrected chi connectivity index (χ3v) is 6.44. The molecule has 4 aromatic rings. The average molecular weight is 487 g/mol.